The van der Waals surface area contributed by atoms with Crippen LogP contribution in [0, 0.1) is 11.8 Å². The molecule has 3 aliphatic heterocycles. The number of hydrogen-bond acceptors (Lipinski definition) is 2. The van der Waals surface area contributed by atoms with Crippen LogP contribution in [-0.4, -0.2) is 35.2 Å². The summed E-state index contributed by atoms with van der Waals surface area (Å²) in [5, 5.41) is 10.2. The fraction of sp³-hybridized carbons (Fsp3) is 1.00. The van der Waals surface area contributed by atoms with Gasteiger partial charge in [0.2, 0.25) is 0 Å². The Balaban J connectivity index is 1.77. The van der Waals surface area contributed by atoms with Crippen LogP contribution >= 0.6 is 0 Å². The molecule has 1 aliphatic carbocycles. The molecule has 13 heavy (non-hydrogen) atoms. The molecule has 4 fully saturated rings. The Morgan fingerprint density at radius 2 is 1.62 bits per heavy atom. The predicted octanol–water partition coefficient (Wildman–Crippen LogP) is 1.24. The van der Waals surface area contributed by atoms with E-state index < -0.39 is 0 Å². The Morgan fingerprint density at radius 3 is 2.08 bits per heavy atom. The lowest BCUT2D eigenvalue weighted by Gasteiger charge is -2.53. The second-order valence-electron chi connectivity index (χ2n) is 5.05. The maximum atomic E-state index is 10.2. The molecule has 3 heterocycles. The van der Waals surface area contributed by atoms with Crippen LogP contribution in [0.5, 0.6) is 0 Å². The number of aliphatic hydroxyl groups excluding tert-OH is 1. The molecule has 1 saturated carbocycles. The van der Waals surface area contributed by atoms with Crippen molar-refractivity contribution in [2.24, 2.45) is 11.8 Å². The van der Waals surface area contributed by atoms with Crippen LogP contribution in [0.2, 0.25) is 0 Å². The first-order valence-corrected chi connectivity index (χ1v) is 5.78. The van der Waals surface area contributed by atoms with Gasteiger partial charge in [0.1, 0.15) is 0 Å². The first kappa shape index (κ1) is 8.25. The lowest BCUT2D eigenvalue weighted by atomic mass is 9.69. The van der Waals surface area contributed by atoms with Gasteiger partial charge in [0.25, 0.3) is 0 Å². The lowest BCUT2D eigenvalue weighted by Crippen LogP contribution is -2.61. The van der Waals surface area contributed by atoms with E-state index >= 15 is 0 Å². The van der Waals surface area contributed by atoms with E-state index in [1.807, 2.05) is 0 Å². The third-order valence-electron chi connectivity index (χ3n) is 4.46. The first-order chi connectivity index (χ1) is 6.36. The summed E-state index contributed by atoms with van der Waals surface area (Å²) in [4.78, 5) is 2.55. The fourth-order valence-electron chi connectivity index (χ4n) is 3.41. The van der Waals surface area contributed by atoms with E-state index in [1.165, 1.54) is 45.2 Å². The first-order valence-electron chi connectivity index (χ1n) is 5.78. The summed E-state index contributed by atoms with van der Waals surface area (Å²) < 4.78 is 0. The van der Waals surface area contributed by atoms with Crippen LogP contribution in [-0.2, 0) is 0 Å². The second-order valence-corrected chi connectivity index (χ2v) is 5.05. The van der Waals surface area contributed by atoms with Gasteiger partial charge in [0.15, 0.2) is 0 Å². The average molecular weight is 181 g/mol. The topological polar surface area (TPSA) is 23.5 Å². The molecule has 4 rings (SSSR count). The molecule has 2 heteroatoms. The molecular formula is C11H19NO. The predicted molar refractivity (Wildman–Crippen MR) is 51.4 cm³/mol. The summed E-state index contributed by atoms with van der Waals surface area (Å²) in [6, 6.07) is 0.543. The Labute approximate surface area is 79.9 Å². The van der Waals surface area contributed by atoms with Crippen molar-refractivity contribution >= 4 is 0 Å². The maximum Gasteiger partial charge on any atom is 0.0727 e. The molecule has 2 bridgehead atoms. The standard InChI is InChI=1S/C11H19NO/c13-11-9-4-6-12(7-5-9)10(11)8-2-1-3-8/h8-11,13H,1-7H2. The molecule has 3 saturated heterocycles. The van der Waals surface area contributed by atoms with Crippen LogP contribution in [0.1, 0.15) is 32.1 Å². The highest BCUT2D eigenvalue weighted by atomic mass is 16.3. The van der Waals surface area contributed by atoms with Gasteiger partial charge in [-0.1, -0.05) is 6.42 Å². The molecule has 2 unspecified atom stereocenters. The van der Waals surface area contributed by atoms with Crippen molar-refractivity contribution in [1.29, 1.82) is 0 Å². The largest absolute Gasteiger partial charge is 0.391 e. The number of hydrogen-bond donors (Lipinski definition) is 1. The zero-order valence-electron chi connectivity index (χ0n) is 8.15. The molecule has 0 radical (unpaired) electrons. The molecule has 2 atom stereocenters. The summed E-state index contributed by atoms with van der Waals surface area (Å²) in [6.45, 7) is 2.51. The number of nitrogens with zero attached hydrogens (tertiary/aromatic N) is 1. The molecule has 0 aromatic rings. The van der Waals surface area contributed by atoms with Crippen molar-refractivity contribution < 1.29 is 5.11 Å². The third-order valence-corrected chi connectivity index (χ3v) is 4.46. The van der Waals surface area contributed by atoms with Gasteiger partial charge in [0, 0.05) is 6.04 Å². The minimum atomic E-state index is 0.00722. The van der Waals surface area contributed by atoms with Crippen molar-refractivity contribution in [3.8, 4) is 0 Å². The van der Waals surface area contributed by atoms with Gasteiger partial charge in [-0.25, -0.2) is 0 Å². The van der Waals surface area contributed by atoms with Gasteiger partial charge >= 0.3 is 0 Å². The van der Waals surface area contributed by atoms with E-state index in [-0.39, 0.29) is 6.10 Å². The van der Waals surface area contributed by atoms with Crippen molar-refractivity contribution in [2.75, 3.05) is 13.1 Å². The van der Waals surface area contributed by atoms with Crippen molar-refractivity contribution in [1.82, 2.24) is 4.90 Å². The minimum Gasteiger partial charge on any atom is -0.391 e. The molecular weight excluding hydrogens is 162 g/mol. The van der Waals surface area contributed by atoms with Crippen LogP contribution in [0.4, 0.5) is 0 Å². The van der Waals surface area contributed by atoms with Crippen molar-refractivity contribution in [3.05, 3.63) is 0 Å². The molecule has 0 aromatic heterocycles. The Kier molecular flexibility index (Phi) is 1.88. The minimum absolute atomic E-state index is 0.00722. The summed E-state index contributed by atoms with van der Waals surface area (Å²) in [5.74, 6) is 1.47. The van der Waals surface area contributed by atoms with E-state index in [4.69, 9.17) is 0 Å². The summed E-state index contributed by atoms with van der Waals surface area (Å²) in [6.07, 6.45) is 6.62. The SMILES string of the molecule is OC1C2CCN(CC2)C1C1CCC1. The maximum absolute atomic E-state index is 10.2. The van der Waals surface area contributed by atoms with Gasteiger partial charge in [-0.3, -0.25) is 4.90 Å². The highest BCUT2D eigenvalue weighted by Gasteiger charge is 2.45. The van der Waals surface area contributed by atoms with E-state index in [0.717, 1.165) is 5.92 Å². The van der Waals surface area contributed by atoms with Crippen LogP contribution in [0.15, 0.2) is 0 Å². The van der Waals surface area contributed by atoms with Crippen molar-refractivity contribution in [2.45, 2.75) is 44.2 Å². The zero-order chi connectivity index (χ0) is 8.84. The average Bonchev–Trinajstić information content (AvgIpc) is 2.09. The molecule has 2 nitrogen and oxygen atoms in total. The molecule has 74 valence electrons. The van der Waals surface area contributed by atoms with Crippen LogP contribution in [0.25, 0.3) is 0 Å². The summed E-state index contributed by atoms with van der Waals surface area (Å²) in [7, 11) is 0. The lowest BCUT2D eigenvalue weighted by molar-refractivity contribution is -0.105. The van der Waals surface area contributed by atoms with Crippen LogP contribution in [0.3, 0.4) is 0 Å². The molecule has 0 amide bonds. The molecule has 0 aromatic carbocycles. The van der Waals surface area contributed by atoms with E-state index in [2.05, 4.69) is 4.90 Å². The highest BCUT2D eigenvalue weighted by Crippen LogP contribution is 2.41. The number of rotatable bonds is 1. The zero-order valence-corrected chi connectivity index (χ0v) is 8.15. The fourth-order valence-corrected chi connectivity index (χ4v) is 3.41. The molecule has 1 N–H and O–H groups in total. The van der Waals surface area contributed by atoms with Crippen molar-refractivity contribution in [3.63, 3.8) is 0 Å². The summed E-state index contributed by atoms with van der Waals surface area (Å²) in [5.41, 5.74) is 0. The van der Waals surface area contributed by atoms with Gasteiger partial charge in [-0.05, 0) is 50.6 Å². The number of piperidine rings is 3. The van der Waals surface area contributed by atoms with E-state index in [0.29, 0.717) is 12.0 Å². The monoisotopic (exact) mass is 181 g/mol. The smallest absolute Gasteiger partial charge is 0.0727 e. The number of fused-ring (bicyclic) bond motifs is 3. The molecule has 4 aliphatic rings. The van der Waals surface area contributed by atoms with E-state index in [9.17, 15) is 5.11 Å². The van der Waals surface area contributed by atoms with Gasteiger partial charge in [-0.15, -0.1) is 0 Å². The van der Waals surface area contributed by atoms with Gasteiger partial charge in [-0.2, -0.15) is 0 Å². The highest BCUT2D eigenvalue weighted by molar-refractivity contribution is 4.99. The van der Waals surface area contributed by atoms with E-state index in [1.54, 1.807) is 0 Å². The molecule has 0 spiro atoms. The van der Waals surface area contributed by atoms with Gasteiger partial charge in [0.05, 0.1) is 6.10 Å². The Hall–Kier alpha value is -0.0800. The second kappa shape index (κ2) is 2.96. The van der Waals surface area contributed by atoms with Gasteiger partial charge < -0.3 is 5.11 Å². The van der Waals surface area contributed by atoms with Crippen LogP contribution < -0.4 is 0 Å². The quantitative estimate of drug-likeness (QED) is 0.658. The third kappa shape index (κ3) is 1.15. The Bertz CT molecular complexity index is 192. The number of aliphatic hydroxyl groups is 1. The Morgan fingerprint density at radius 1 is 0.923 bits per heavy atom. The summed E-state index contributed by atoms with van der Waals surface area (Å²) >= 11 is 0. The normalized spacial score (nSPS) is 50.5.